The van der Waals surface area contributed by atoms with E-state index < -0.39 is 56.4 Å². The highest BCUT2D eigenvalue weighted by atomic mass is 127. The van der Waals surface area contributed by atoms with Gasteiger partial charge in [-0.05, 0) is 22.6 Å². The quantitative estimate of drug-likeness (QED) is 0.321. The third-order valence-electron chi connectivity index (χ3n) is 1.90. The molecule has 0 saturated carbocycles. The number of rotatable bonds is 3. The molecule has 0 aromatic carbocycles. The molecule has 0 N–H and O–H groups in total. The van der Waals surface area contributed by atoms with E-state index in [1.54, 1.807) is 0 Å². The van der Waals surface area contributed by atoms with E-state index in [9.17, 15) is 57.1 Å². The minimum Gasteiger partial charge on any atom is -0.215 e. The zero-order valence-electron chi connectivity index (χ0n) is 8.29. The van der Waals surface area contributed by atoms with Crippen molar-refractivity contribution in [3.8, 4) is 0 Å². The molecule has 0 heterocycles. The molecule has 0 amide bonds. The van der Waals surface area contributed by atoms with Crippen LogP contribution in [0.25, 0.3) is 0 Å². The predicted molar refractivity (Wildman–Crippen MR) is 44.8 cm³/mol. The van der Waals surface area contributed by atoms with Crippen molar-refractivity contribution in [2.24, 2.45) is 0 Å². The molecule has 0 aliphatic rings. The van der Waals surface area contributed by atoms with Gasteiger partial charge in [0.1, 0.15) is 0 Å². The highest BCUT2D eigenvalue weighted by Crippen LogP contribution is 2.61. The largest absolute Gasteiger partial charge is 0.460 e. The average molecular weight is 446 g/mol. The van der Waals surface area contributed by atoms with Gasteiger partial charge < -0.3 is 0 Å². The van der Waals surface area contributed by atoms with E-state index in [2.05, 4.69) is 0 Å². The van der Waals surface area contributed by atoms with Gasteiger partial charge in [0.15, 0.2) is 0 Å². The first kappa shape index (κ1) is 19.8. The summed E-state index contributed by atoms with van der Waals surface area (Å²) in [5.41, 5.74) is 0. The first-order valence-corrected chi connectivity index (χ1v) is 4.97. The number of hydrogen-bond acceptors (Lipinski definition) is 0. The summed E-state index contributed by atoms with van der Waals surface area (Å²) < 4.78 is 151. The summed E-state index contributed by atoms with van der Waals surface area (Å²) in [7, 11) is 0. The Hall–Kier alpha value is -0.180. The van der Waals surface area contributed by atoms with Crippen molar-refractivity contribution in [1.82, 2.24) is 0 Å². The standard InChI is InChI=1S/C6F13I/c7-1(8,3(11,12)5(14,15)16)2(9,10)4(13,20)6(17,18)19. The van der Waals surface area contributed by atoms with E-state index in [0.29, 0.717) is 0 Å². The van der Waals surface area contributed by atoms with Crippen molar-refractivity contribution in [1.29, 1.82) is 0 Å². The van der Waals surface area contributed by atoms with Gasteiger partial charge in [-0.25, -0.2) is 4.39 Å². The zero-order chi connectivity index (χ0) is 17.0. The summed E-state index contributed by atoms with van der Waals surface area (Å²) in [6.45, 7) is 0. The Bertz CT molecular complexity index is 324. The van der Waals surface area contributed by atoms with Crippen LogP contribution in [0, 0.1) is 0 Å². The van der Waals surface area contributed by atoms with E-state index in [4.69, 9.17) is 0 Å². The van der Waals surface area contributed by atoms with E-state index in [1.165, 1.54) is 0 Å². The van der Waals surface area contributed by atoms with Crippen molar-refractivity contribution in [3.05, 3.63) is 0 Å². The van der Waals surface area contributed by atoms with Crippen LogP contribution in [0.2, 0.25) is 0 Å². The zero-order valence-corrected chi connectivity index (χ0v) is 10.4. The van der Waals surface area contributed by atoms with E-state index in [-0.39, 0.29) is 0 Å². The van der Waals surface area contributed by atoms with Gasteiger partial charge in [0, 0.05) is 0 Å². The van der Waals surface area contributed by atoms with Crippen molar-refractivity contribution in [2.45, 2.75) is 33.8 Å². The van der Waals surface area contributed by atoms with Gasteiger partial charge in [-0.15, -0.1) is 0 Å². The molecular formula is C6F13I. The van der Waals surface area contributed by atoms with Gasteiger partial charge in [-0.1, -0.05) is 0 Å². The molecule has 0 fully saturated rings. The Balaban J connectivity index is 6.08. The fraction of sp³-hybridized carbons (Fsp3) is 1.00. The maximum Gasteiger partial charge on any atom is 0.460 e. The van der Waals surface area contributed by atoms with Gasteiger partial charge in [0.25, 0.3) is 0 Å². The maximum atomic E-state index is 12.7. The molecule has 0 bridgehead atoms. The fourth-order valence-corrected chi connectivity index (χ4v) is 1.09. The van der Waals surface area contributed by atoms with Crippen molar-refractivity contribution in [3.63, 3.8) is 0 Å². The topological polar surface area (TPSA) is 0 Å². The van der Waals surface area contributed by atoms with Crippen LogP contribution in [0.1, 0.15) is 0 Å². The van der Waals surface area contributed by atoms with Crippen LogP contribution in [-0.4, -0.2) is 33.8 Å². The average Bonchev–Trinajstić information content (AvgIpc) is 2.12. The maximum absolute atomic E-state index is 12.7. The minimum absolute atomic E-state index is 1.00. The molecular weight excluding hydrogens is 446 g/mol. The molecule has 14 heteroatoms. The second kappa shape index (κ2) is 4.66. The summed E-state index contributed by atoms with van der Waals surface area (Å²) in [5, 5.41) is 0. The summed E-state index contributed by atoms with van der Waals surface area (Å²) in [6.07, 6.45) is -14.2. The molecule has 122 valence electrons. The molecule has 0 radical (unpaired) electrons. The minimum atomic E-state index is -7.68. The normalized spacial score (nSPS) is 18.9. The van der Waals surface area contributed by atoms with Gasteiger partial charge in [0.2, 0.25) is 0 Å². The number of halogens is 14. The van der Waals surface area contributed by atoms with Crippen LogP contribution in [0.4, 0.5) is 57.1 Å². The Morgan fingerprint density at radius 3 is 0.900 bits per heavy atom. The first-order chi connectivity index (χ1) is 8.25. The highest BCUT2D eigenvalue weighted by Gasteiger charge is 2.89. The summed E-state index contributed by atoms with van der Waals surface area (Å²) >= 11 is -1.00. The van der Waals surface area contributed by atoms with E-state index in [1.807, 2.05) is 0 Å². The highest BCUT2D eigenvalue weighted by molar-refractivity contribution is 14.1. The monoisotopic (exact) mass is 446 g/mol. The summed E-state index contributed by atoms with van der Waals surface area (Å²) in [6, 6.07) is 0. The van der Waals surface area contributed by atoms with Crippen LogP contribution in [0.5, 0.6) is 0 Å². The Labute approximate surface area is 114 Å². The van der Waals surface area contributed by atoms with E-state index >= 15 is 0 Å². The fourth-order valence-electron chi connectivity index (χ4n) is 0.750. The Morgan fingerprint density at radius 2 is 0.700 bits per heavy atom. The lowest BCUT2D eigenvalue weighted by Crippen LogP contribution is -2.68. The van der Waals surface area contributed by atoms with Crippen LogP contribution in [-0.2, 0) is 0 Å². The molecule has 0 saturated heterocycles. The molecule has 0 rings (SSSR count). The Kier molecular flexibility index (Phi) is 4.62. The lowest BCUT2D eigenvalue weighted by molar-refractivity contribution is -0.416. The van der Waals surface area contributed by atoms with Crippen LogP contribution >= 0.6 is 22.6 Å². The van der Waals surface area contributed by atoms with Crippen molar-refractivity contribution >= 4 is 22.6 Å². The van der Waals surface area contributed by atoms with Crippen molar-refractivity contribution < 1.29 is 57.1 Å². The van der Waals surface area contributed by atoms with Gasteiger partial charge in [-0.2, -0.15) is 52.7 Å². The molecule has 0 aliphatic carbocycles. The van der Waals surface area contributed by atoms with E-state index in [0.717, 1.165) is 0 Å². The summed E-state index contributed by atoms with van der Waals surface area (Å²) in [5.74, 6) is -22.7. The van der Waals surface area contributed by atoms with Gasteiger partial charge in [0.05, 0.1) is 0 Å². The molecule has 0 spiro atoms. The lowest BCUT2D eigenvalue weighted by atomic mass is 9.99. The molecule has 0 aromatic rings. The van der Waals surface area contributed by atoms with Crippen LogP contribution < -0.4 is 0 Å². The van der Waals surface area contributed by atoms with Gasteiger partial charge in [-0.3, -0.25) is 0 Å². The molecule has 0 aromatic heterocycles. The number of hydrogen-bond donors (Lipinski definition) is 0. The smallest absolute Gasteiger partial charge is 0.215 e. The molecule has 0 aliphatic heterocycles. The number of alkyl halides is 14. The molecule has 0 nitrogen and oxygen atoms in total. The van der Waals surface area contributed by atoms with Crippen molar-refractivity contribution in [2.75, 3.05) is 0 Å². The summed E-state index contributed by atoms with van der Waals surface area (Å²) in [4.78, 5) is 0. The molecule has 1 atom stereocenters. The third kappa shape index (κ3) is 2.51. The first-order valence-electron chi connectivity index (χ1n) is 3.90. The SMILES string of the molecule is FC(F)(F)C(F)(F)C(F)(F)C(F)(F)C(F)(I)C(F)(F)F. The molecule has 1 unspecified atom stereocenters. The second-order valence-electron chi connectivity index (χ2n) is 3.29. The predicted octanol–water partition coefficient (Wildman–Crippen LogP) is 5.12. The molecule has 20 heavy (non-hydrogen) atoms. The van der Waals surface area contributed by atoms with Crippen LogP contribution in [0.15, 0.2) is 0 Å². The Morgan fingerprint density at radius 1 is 0.400 bits per heavy atom. The second-order valence-corrected chi connectivity index (χ2v) is 4.78. The van der Waals surface area contributed by atoms with Gasteiger partial charge >= 0.3 is 33.8 Å². The third-order valence-corrected chi connectivity index (χ3v) is 3.18. The lowest BCUT2D eigenvalue weighted by Gasteiger charge is -2.38. The van der Waals surface area contributed by atoms with Crippen LogP contribution in [0.3, 0.4) is 0 Å².